The van der Waals surface area contributed by atoms with Crippen LogP contribution in [0.2, 0.25) is 0 Å². The largest absolute Gasteiger partial charge is 0.493 e. The SMILES string of the molecule is COc1cc2c(cc1OC)C(c1ccccc1)ON(C)CCCO2. The molecule has 2 aromatic rings. The number of ether oxygens (including phenoxy) is 3. The molecule has 0 radical (unpaired) electrons. The summed E-state index contributed by atoms with van der Waals surface area (Å²) in [5, 5.41) is 1.87. The Morgan fingerprint density at radius 2 is 1.75 bits per heavy atom. The van der Waals surface area contributed by atoms with E-state index < -0.39 is 0 Å². The molecule has 0 aliphatic carbocycles. The summed E-state index contributed by atoms with van der Waals surface area (Å²) >= 11 is 0. The summed E-state index contributed by atoms with van der Waals surface area (Å²) in [6.07, 6.45) is 0.607. The minimum Gasteiger partial charge on any atom is -0.493 e. The summed E-state index contributed by atoms with van der Waals surface area (Å²) in [6.45, 7) is 1.42. The molecule has 0 saturated carbocycles. The van der Waals surface area contributed by atoms with Gasteiger partial charge in [-0.1, -0.05) is 30.3 Å². The van der Waals surface area contributed by atoms with Gasteiger partial charge in [0.25, 0.3) is 0 Å². The van der Waals surface area contributed by atoms with Crippen molar-refractivity contribution in [1.29, 1.82) is 0 Å². The molecule has 5 nitrogen and oxygen atoms in total. The summed E-state index contributed by atoms with van der Waals surface area (Å²) < 4.78 is 16.9. The van der Waals surface area contributed by atoms with Crippen LogP contribution in [0.3, 0.4) is 0 Å². The molecule has 1 aliphatic rings. The van der Waals surface area contributed by atoms with Crippen molar-refractivity contribution in [1.82, 2.24) is 5.06 Å². The second-order valence-electron chi connectivity index (χ2n) is 5.69. The number of fused-ring (bicyclic) bond motifs is 1. The maximum atomic E-state index is 6.21. The molecule has 1 aliphatic heterocycles. The highest BCUT2D eigenvalue weighted by Gasteiger charge is 2.25. The molecule has 1 atom stereocenters. The molecule has 0 N–H and O–H groups in total. The standard InChI is InChI=1S/C19H23NO4/c1-20-10-7-11-23-16-13-18(22-3)17(21-2)12-15(16)19(24-20)14-8-5-4-6-9-14/h4-6,8-9,12-13,19H,7,10-11H2,1-3H3. The van der Waals surface area contributed by atoms with Crippen molar-refractivity contribution < 1.29 is 19.0 Å². The van der Waals surface area contributed by atoms with Crippen LogP contribution in [0.5, 0.6) is 17.2 Å². The molecule has 5 heteroatoms. The molecule has 0 fully saturated rings. The summed E-state index contributed by atoms with van der Waals surface area (Å²) in [4.78, 5) is 6.21. The van der Waals surface area contributed by atoms with Gasteiger partial charge in [0.1, 0.15) is 11.9 Å². The molecule has 2 aromatic carbocycles. The van der Waals surface area contributed by atoms with Gasteiger partial charge in [0.05, 0.1) is 20.8 Å². The average molecular weight is 329 g/mol. The predicted octanol–water partition coefficient (Wildman–Crippen LogP) is 3.44. The normalized spacial score (nSPS) is 18.5. The molecular formula is C19H23NO4. The lowest BCUT2D eigenvalue weighted by Crippen LogP contribution is -2.23. The number of nitrogens with zero attached hydrogens (tertiary/aromatic N) is 1. The third-order valence-electron chi connectivity index (χ3n) is 4.06. The molecule has 0 bridgehead atoms. The van der Waals surface area contributed by atoms with Crippen LogP contribution in [0.15, 0.2) is 42.5 Å². The van der Waals surface area contributed by atoms with Gasteiger partial charge in [0.2, 0.25) is 0 Å². The lowest BCUT2D eigenvalue weighted by atomic mass is 10.00. The third kappa shape index (κ3) is 3.47. The highest BCUT2D eigenvalue weighted by atomic mass is 16.7. The molecule has 1 heterocycles. The summed E-state index contributed by atoms with van der Waals surface area (Å²) in [6, 6.07) is 13.9. The molecule has 24 heavy (non-hydrogen) atoms. The zero-order chi connectivity index (χ0) is 16.9. The fourth-order valence-electron chi connectivity index (χ4n) is 2.83. The fraction of sp³-hybridized carbons (Fsp3) is 0.368. The van der Waals surface area contributed by atoms with Crippen molar-refractivity contribution >= 4 is 0 Å². The zero-order valence-corrected chi connectivity index (χ0v) is 14.3. The lowest BCUT2D eigenvalue weighted by Gasteiger charge is -2.25. The van der Waals surface area contributed by atoms with E-state index in [0.29, 0.717) is 18.1 Å². The molecular weight excluding hydrogens is 306 g/mol. The molecule has 0 amide bonds. The highest BCUT2D eigenvalue weighted by molar-refractivity contribution is 5.53. The first-order valence-corrected chi connectivity index (χ1v) is 8.04. The zero-order valence-electron chi connectivity index (χ0n) is 14.3. The van der Waals surface area contributed by atoms with Crippen LogP contribution in [0.25, 0.3) is 0 Å². The van der Waals surface area contributed by atoms with Crippen molar-refractivity contribution in [3.05, 3.63) is 53.6 Å². The molecule has 1 unspecified atom stereocenters. The monoisotopic (exact) mass is 329 g/mol. The first-order chi connectivity index (χ1) is 11.7. The van der Waals surface area contributed by atoms with E-state index in [1.165, 1.54) is 0 Å². The van der Waals surface area contributed by atoms with E-state index in [-0.39, 0.29) is 6.10 Å². The smallest absolute Gasteiger partial charge is 0.164 e. The lowest BCUT2D eigenvalue weighted by molar-refractivity contribution is -0.170. The van der Waals surface area contributed by atoms with E-state index in [4.69, 9.17) is 19.0 Å². The van der Waals surface area contributed by atoms with Crippen molar-refractivity contribution in [2.45, 2.75) is 12.5 Å². The van der Waals surface area contributed by atoms with Gasteiger partial charge in [-0.15, -0.1) is 0 Å². The van der Waals surface area contributed by atoms with Crippen LogP contribution in [0.4, 0.5) is 0 Å². The van der Waals surface area contributed by atoms with E-state index in [0.717, 1.165) is 29.8 Å². The Morgan fingerprint density at radius 3 is 2.46 bits per heavy atom. The Balaban J connectivity index is 2.13. The van der Waals surface area contributed by atoms with Crippen LogP contribution in [-0.2, 0) is 4.84 Å². The van der Waals surface area contributed by atoms with Crippen molar-refractivity contribution in [3.63, 3.8) is 0 Å². The van der Waals surface area contributed by atoms with Gasteiger partial charge in [-0.2, -0.15) is 5.06 Å². The number of rotatable bonds is 3. The maximum Gasteiger partial charge on any atom is 0.164 e. The van der Waals surface area contributed by atoms with Gasteiger partial charge < -0.3 is 14.2 Å². The van der Waals surface area contributed by atoms with E-state index in [1.807, 2.05) is 42.4 Å². The van der Waals surface area contributed by atoms with Gasteiger partial charge in [-0.3, -0.25) is 4.84 Å². The van der Waals surface area contributed by atoms with Gasteiger partial charge in [-0.25, -0.2) is 0 Å². The van der Waals surface area contributed by atoms with Gasteiger partial charge in [0.15, 0.2) is 11.5 Å². The summed E-state index contributed by atoms with van der Waals surface area (Å²) in [7, 11) is 5.20. The van der Waals surface area contributed by atoms with Crippen molar-refractivity contribution in [2.24, 2.45) is 0 Å². The Hall–Kier alpha value is -2.24. The molecule has 128 valence electrons. The average Bonchev–Trinajstić information content (AvgIpc) is 2.70. The number of methoxy groups -OCH3 is 2. The Labute approximate surface area is 142 Å². The van der Waals surface area contributed by atoms with Crippen molar-refractivity contribution in [2.75, 3.05) is 34.4 Å². The Morgan fingerprint density at radius 1 is 1.04 bits per heavy atom. The van der Waals surface area contributed by atoms with Gasteiger partial charge >= 0.3 is 0 Å². The van der Waals surface area contributed by atoms with Gasteiger partial charge in [0, 0.05) is 25.2 Å². The quantitative estimate of drug-likeness (QED) is 0.863. The summed E-state index contributed by atoms with van der Waals surface area (Å²) in [5.41, 5.74) is 1.98. The van der Waals surface area contributed by atoms with Crippen LogP contribution >= 0.6 is 0 Å². The Kier molecular flexibility index (Phi) is 5.23. The minimum atomic E-state index is -0.274. The first kappa shape index (κ1) is 16.6. The van der Waals surface area contributed by atoms with Crippen LogP contribution < -0.4 is 14.2 Å². The van der Waals surface area contributed by atoms with Crippen LogP contribution in [0, 0.1) is 0 Å². The molecule has 0 aromatic heterocycles. The summed E-state index contributed by atoms with van der Waals surface area (Å²) in [5.74, 6) is 2.07. The number of hydroxylamine groups is 2. The van der Waals surface area contributed by atoms with Crippen LogP contribution in [-0.4, -0.2) is 39.5 Å². The van der Waals surface area contributed by atoms with Gasteiger partial charge in [-0.05, 0) is 18.1 Å². The van der Waals surface area contributed by atoms with E-state index in [1.54, 1.807) is 14.2 Å². The van der Waals surface area contributed by atoms with Crippen LogP contribution in [0.1, 0.15) is 23.7 Å². The minimum absolute atomic E-state index is 0.274. The second-order valence-corrected chi connectivity index (χ2v) is 5.69. The first-order valence-electron chi connectivity index (χ1n) is 8.04. The molecule has 3 rings (SSSR count). The topological polar surface area (TPSA) is 40.2 Å². The van der Waals surface area contributed by atoms with E-state index in [9.17, 15) is 0 Å². The molecule has 0 saturated heterocycles. The fourth-order valence-corrected chi connectivity index (χ4v) is 2.83. The van der Waals surface area contributed by atoms with E-state index in [2.05, 4.69) is 12.1 Å². The van der Waals surface area contributed by atoms with Crippen molar-refractivity contribution in [3.8, 4) is 17.2 Å². The number of benzene rings is 2. The third-order valence-corrected chi connectivity index (χ3v) is 4.06. The Bertz CT molecular complexity index is 675. The van der Waals surface area contributed by atoms with E-state index >= 15 is 0 Å². The molecule has 0 spiro atoms. The second kappa shape index (κ2) is 7.55. The highest BCUT2D eigenvalue weighted by Crippen LogP contribution is 2.41. The number of hydrogen-bond acceptors (Lipinski definition) is 5. The number of hydrogen-bond donors (Lipinski definition) is 0. The maximum absolute atomic E-state index is 6.21. The predicted molar refractivity (Wildman–Crippen MR) is 91.7 cm³/mol.